The molecule has 44 heavy (non-hydrogen) atoms. The van der Waals surface area contributed by atoms with Crippen molar-refractivity contribution in [1.82, 2.24) is 14.5 Å². The summed E-state index contributed by atoms with van der Waals surface area (Å²) in [5.41, 5.74) is 9.52. The average Bonchev–Trinajstić information content (AvgIpc) is 3.90. The Kier molecular flexibility index (Phi) is 5.40. The van der Waals surface area contributed by atoms with E-state index in [1.165, 1.54) is 0 Å². The monoisotopic (exact) mass is 569 g/mol. The maximum absolute atomic E-state index is 6.32. The highest BCUT2D eigenvalue weighted by Crippen LogP contribution is 2.38. The smallest absolute Gasteiger partial charge is 0.227 e. The fourth-order valence-corrected chi connectivity index (χ4v) is 6.01. The van der Waals surface area contributed by atoms with Crippen LogP contribution in [0.1, 0.15) is 0 Å². The van der Waals surface area contributed by atoms with Crippen LogP contribution in [-0.2, 0) is 0 Å². The van der Waals surface area contributed by atoms with Crippen molar-refractivity contribution in [1.29, 1.82) is 0 Å². The fourth-order valence-electron chi connectivity index (χ4n) is 6.01. The van der Waals surface area contributed by atoms with E-state index in [4.69, 9.17) is 18.2 Å². The van der Waals surface area contributed by atoms with E-state index in [1.54, 1.807) is 12.5 Å². The number of hydrogen-bond donors (Lipinski definition) is 0. The minimum Gasteiger partial charge on any atom is -0.464 e. The predicted molar refractivity (Wildman–Crippen MR) is 172 cm³/mol. The van der Waals surface area contributed by atoms with Crippen molar-refractivity contribution in [3.8, 4) is 51.0 Å². The first-order valence-electron chi connectivity index (χ1n) is 14.4. The minimum atomic E-state index is 0.564. The molecule has 0 unspecified atom stereocenters. The second kappa shape index (κ2) is 9.71. The van der Waals surface area contributed by atoms with Gasteiger partial charge in [0.25, 0.3) is 0 Å². The molecule has 0 saturated heterocycles. The molecule has 0 fully saturated rings. The molecule has 5 aromatic heterocycles. The summed E-state index contributed by atoms with van der Waals surface area (Å²) in [6.07, 6.45) is 5.20. The van der Waals surface area contributed by atoms with Gasteiger partial charge in [-0.3, -0.25) is 4.98 Å². The number of furan rings is 2. The topological polar surface area (TPSA) is 70.1 Å². The van der Waals surface area contributed by atoms with Gasteiger partial charge in [-0.05, 0) is 97.1 Å². The third-order valence-electron chi connectivity index (χ3n) is 8.08. The van der Waals surface area contributed by atoms with Crippen molar-refractivity contribution >= 4 is 32.9 Å². The van der Waals surface area contributed by atoms with Crippen molar-refractivity contribution in [2.45, 2.75) is 0 Å². The van der Waals surface area contributed by atoms with Crippen molar-refractivity contribution in [3.05, 3.63) is 140 Å². The number of pyridine rings is 1. The highest BCUT2D eigenvalue weighted by Gasteiger charge is 2.18. The van der Waals surface area contributed by atoms with Gasteiger partial charge in [-0.1, -0.05) is 24.3 Å². The standard InChI is InChI=1S/C38H23N3O3/c1-2-17-39-31(8-1)24-6-3-7-28(20-24)41-33-16-13-25(35-9-4-18-42-35)21-30(33)29-14-11-27(22-34(29)41)38-40-32-15-12-26(23-37(32)44-38)36-10-5-19-43-36/h1-23H. The number of rotatable bonds is 5. The molecular weight excluding hydrogens is 546 g/mol. The molecule has 5 heterocycles. The summed E-state index contributed by atoms with van der Waals surface area (Å²) in [7, 11) is 0. The fraction of sp³-hybridized carbons (Fsp3) is 0. The summed E-state index contributed by atoms with van der Waals surface area (Å²) in [4.78, 5) is 9.43. The third-order valence-corrected chi connectivity index (χ3v) is 8.08. The summed E-state index contributed by atoms with van der Waals surface area (Å²) in [5, 5.41) is 2.25. The molecule has 0 aliphatic carbocycles. The van der Waals surface area contributed by atoms with Gasteiger partial charge in [-0.2, -0.15) is 0 Å². The first kappa shape index (κ1) is 24.5. The lowest BCUT2D eigenvalue weighted by molar-refractivity contribution is 0.581. The largest absolute Gasteiger partial charge is 0.464 e. The number of aromatic nitrogens is 3. The van der Waals surface area contributed by atoms with Crippen LogP contribution in [-0.4, -0.2) is 14.5 Å². The lowest BCUT2D eigenvalue weighted by Crippen LogP contribution is -1.95. The zero-order valence-electron chi connectivity index (χ0n) is 23.3. The highest BCUT2D eigenvalue weighted by molar-refractivity contribution is 6.11. The zero-order valence-corrected chi connectivity index (χ0v) is 23.3. The second-order valence-corrected chi connectivity index (χ2v) is 10.7. The number of benzene rings is 4. The van der Waals surface area contributed by atoms with E-state index in [-0.39, 0.29) is 0 Å². The molecule has 0 aliphatic heterocycles. The maximum Gasteiger partial charge on any atom is 0.227 e. The van der Waals surface area contributed by atoms with Crippen LogP contribution in [0.2, 0.25) is 0 Å². The van der Waals surface area contributed by atoms with Gasteiger partial charge in [0.05, 0.1) is 29.3 Å². The van der Waals surface area contributed by atoms with Gasteiger partial charge in [0.1, 0.15) is 17.0 Å². The van der Waals surface area contributed by atoms with Gasteiger partial charge in [-0.25, -0.2) is 4.98 Å². The van der Waals surface area contributed by atoms with Gasteiger partial charge >= 0.3 is 0 Å². The Morgan fingerprint density at radius 1 is 0.545 bits per heavy atom. The summed E-state index contributed by atoms with van der Waals surface area (Å²) < 4.78 is 19.9. The molecule has 6 heteroatoms. The van der Waals surface area contributed by atoms with Gasteiger partial charge in [0, 0.05) is 44.9 Å². The first-order chi connectivity index (χ1) is 21.8. The van der Waals surface area contributed by atoms with E-state index in [9.17, 15) is 0 Å². The zero-order chi connectivity index (χ0) is 29.0. The molecule has 9 aromatic rings. The molecular formula is C38H23N3O3. The van der Waals surface area contributed by atoms with Gasteiger partial charge in [0.2, 0.25) is 5.89 Å². The number of hydrogen-bond acceptors (Lipinski definition) is 5. The molecule has 0 atom stereocenters. The van der Waals surface area contributed by atoms with E-state index < -0.39 is 0 Å². The van der Waals surface area contributed by atoms with E-state index in [0.29, 0.717) is 11.5 Å². The molecule has 9 rings (SSSR count). The number of fused-ring (bicyclic) bond motifs is 4. The van der Waals surface area contributed by atoms with Crippen LogP contribution in [0, 0.1) is 0 Å². The SMILES string of the molecule is c1ccc(-c2cccc(-n3c4ccc(-c5ccco5)cc4c4ccc(-c5nc6ccc(-c7ccco7)cc6o5)cc43)c2)nc1. The summed E-state index contributed by atoms with van der Waals surface area (Å²) >= 11 is 0. The van der Waals surface area contributed by atoms with Crippen molar-refractivity contribution < 1.29 is 13.3 Å². The first-order valence-corrected chi connectivity index (χ1v) is 14.4. The van der Waals surface area contributed by atoms with Crippen LogP contribution in [0.5, 0.6) is 0 Å². The Hall–Kier alpha value is -6.14. The van der Waals surface area contributed by atoms with Crippen LogP contribution in [0.4, 0.5) is 0 Å². The van der Waals surface area contributed by atoms with Crippen molar-refractivity contribution in [3.63, 3.8) is 0 Å². The van der Waals surface area contributed by atoms with Gasteiger partial charge < -0.3 is 17.8 Å². The average molecular weight is 570 g/mol. The third kappa shape index (κ3) is 3.96. The Balaban J connectivity index is 1.25. The molecule has 0 aliphatic rings. The molecule has 0 N–H and O–H groups in total. The minimum absolute atomic E-state index is 0.564. The Morgan fingerprint density at radius 3 is 2.16 bits per heavy atom. The van der Waals surface area contributed by atoms with E-state index in [2.05, 4.69) is 70.2 Å². The molecule has 208 valence electrons. The Bertz CT molecular complexity index is 2430. The van der Waals surface area contributed by atoms with Crippen molar-refractivity contribution in [2.75, 3.05) is 0 Å². The van der Waals surface area contributed by atoms with E-state index in [0.717, 1.165) is 72.5 Å². The number of nitrogens with zero attached hydrogens (tertiary/aromatic N) is 3. The summed E-state index contributed by atoms with van der Waals surface area (Å²) in [6.45, 7) is 0. The second-order valence-electron chi connectivity index (χ2n) is 10.7. The van der Waals surface area contributed by atoms with Crippen LogP contribution < -0.4 is 0 Å². The molecule has 0 spiro atoms. The van der Waals surface area contributed by atoms with Crippen LogP contribution in [0.25, 0.3) is 84.0 Å². The van der Waals surface area contributed by atoms with Crippen LogP contribution in [0.3, 0.4) is 0 Å². The quantitative estimate of drug-likeness (QED) is 0.206. The highest BCUT2D eigenvalue weighted by atomic mass is 16.3. The van der Waals surface area contributed by atoms with Crippen LogP contribution in [0.15, 0.2) is 153 Å². The molecule has 6 nitrogen and oxygen atoms in total. The number of oxazole rings is 1. The molecule has 4 aromatic carbocycles. The Morgan fingerprint density at radius 2 is 1.36 bits per heavy atom. The lowest BCUT2D eigenvalue weighted by Gasteiger charge is -2.10. The van der Waals surface area contributed by atoms with Gasteiger partial charge in [0.15, 0.2) is 5.58 Å². The predicted octanol–water partition coefficient (Wildman–Crippen LogP) is 10.2. The molecule has 0 saturated carbocycles. The van der Waals surface area contributed by atoms with Crippen LogP contribution >= 0.6 is 0 Å². The maximum atomic E-state index is 6.32. The molecule has 0 bridgehead atoms. The van der Waals surface area contributed by atoms with Crippen molar-refractivity contribution in [2.24, 2.45) is 0 Å². The van der Waals surface area contributed by atoms with E-state index >= 15 is 0 Å². The summed E-state index contributed by atoms with van der Waals surface area (Å²) in [5.74, 6) is 2.19. The summed E-state index contributed by atoms with van der Waals surface area (Å²) in [6, 6.07) is 41.0. The Labute approximate surface area is 251 Å². The molecule has 0 amide bonds. The van der Waals surface area contributed by atoms with E-state index in [1.807, 2.05) is 66.9 Å². The van der Waals surface area contributed by atoms with Gasteiger partial charge in [-0.15, -0.1) is 0 Å². The lowest BCUT2D eigenvalue weighted by atomic mass is 10.1. The normalized spacial score (nSPS) is 11.6. The molecule has 0 radical (unpaired) electrons.